The largest absolute Gasteiger partial charge is 0.408 e. The van der Waals surface area contributed by atoms with E-state index in [-0.39, 0.29) is 12.1 Å². The van der Waals surface area contributed by atoms with Crippen LogP contribution in [-0.2, 0) is 4.79 Å². The number of aldehydes is 1. The number of carbonyl (C=O) groups is 1. The van der Waals surface area contributed by atoms with Crippen LogP contribution in [-0.4, -0.2) is 29.9 Å². The van der Waals surface area contributed by atoms with Crippen molar-refractivity contribution in [2.24, 2.45) is 4.99 Å². The Morgan fingerprint density at radius 2 is 1.95 bits per heavy atom. The Kier molecular flexibility index (Phi) is 3.99. The molecule has 0 radical (unpaired) electrons. The molecule has 20 heavy (non-hydrogen) atoms. The molecule has 1 N–H and O–H groups in total. The fraction of sp³-hybridized carbons (Fsp3) is 0.167. The van der Waals surface area contributed by atoms with Gasteiger partial charge in [-0.1, -0.05) is 23.7 Å². The smallest absolute Gasteiger partial charge is 0.294 e. The Balaban J connectivity index is 2.25. The van der Waals surface area contributed by atoms with Gasteiger partial charge in [-0.05, 0) is 12.1 Å². The lowest BCUT2D eigenvalue weighted by molar-refractivity contribution is -0.141. The lowest BCUT2D eigenvalue weighted by atomic mass is 10.2. The van der Waals surface area contributed by atoms with E-state index in [4.69, 9.17) is 11.6 Å². The number of carbonyl (C=O) groups excluding carboxylic acids is 1. The van der Waals surface area contributed by atoms with E-state index in [0.717, 1.165) is 0 Å². The number of nitrogens with one attached hydrogen (secondary N) is 1. The van der Waals surface area contributed by atoms with Crippen molar-refractivity contribution in [3.8, 4) is 0 Å². The van der Waals surface area contributed by atoms with Crippen molar-refractivity contribution in [3.05, 3.63) is 41.1 Å². The van der Waals surface area contributed by atoms with Crippen LogP contribution in [0.1, 0.15) is 5.56 Å². The van der Waals surface area contributed by atoms with Gasteiger partial charge in [0.25, 0.3) is 0 Å². The molecule has 0 saturated heterocycles. The van der Waals surface area contributed by atoms with Gasteiger partial charge in [0.2, 0.25) is 0 Å². The second-order valence-electron chi connectivity index (χ2n) is 3.97. The van der Waals surface area contributed by atoms with E-state index in [1.54, 1.807) is 24.3 Å². The quantitative estimate of drug-likeness (QED) is 0.873. The number of halogens is 4. The average Bonchev–Trinajstić information content (AvgIpc) is 2.37. The number of hydrazine groups is 1. The molecule has 1 aromatic carbocycles. The molecule has 0 amide bonds. The third kappa shape index (κ3) is 3.51. The van der Waals surface area contributed by atoms with Gasteiger partial charge < -0.3 is 0 Å². The van der Waals surface area contributed by atoms with Gasteiger partial charge in [0, 0.05) is 10.6 Å². The number of benzene rings is 1. The predicted octanol–water partition coefficient (Wildman–Crippen LogP) is 2.62. The van der Waals surface area contributed by atoms with E-state index in [1.165, 1.54) is 6.20 Å². The highest BCUT2D eigenvalue weighted by Crippen LogP contribution is 2.21. The highest BCUT2D eigenvalue weighted by Gasteiger charge is 2.33. The fourth-order valence-corrected chi connectivity index (χ4v) is 1.72. The highest BCUT2D eigenvalue weighted by atomic mass is 35.5. The molecule has 1 aliphatic rings. The van der Waals surface area contributed by atoms with Gasteiger partial charge in [-0.3, -0.25) is 15.2 Å². The molecular weight excluding hydrogens is 295 g/mol. The number of alkyl halides is 3. The van der Waals surface area contributed by atoms with Crippen molar-refractivity contribution in [1.82, 2.24) is 10.4 Å². The number of aliphatic imine (C=N–C) groups is 1. The van der Waals surface area contributed by atoms with Crippen molar-refractivity contribution < 1.29 is 18.0 Å². The maximum absolute atomic E-state index is 12.4. The lowest BCUT2D eigenvalue weighted by Crippen LogP contribution is -2.49. The number of amidine groups is 1. The molecule has 1 aromatic rings. The highest BCUT2D eigenvalue weighted by molar-refractivity contribution is 6.30. The first kappa shape index (κ1) is 14.4. The van der Waals surface area contributed by atoms with Crippen LogP contribution in [0, 0.1) is 0 Å². The molecule has 0 aliphatic carbocycles. The summed E-state index contributed by atoms with van der Waals surface area (Å²) in [6.45, 7) is -1.32. The Bertz CT molecular complexity index is 566. The van der Waals surface area contributed by atoms with Crippen LogP contribution in [0.25, 0.3) is 5.70 Å². The maximum atomic E-state index is 12.4. The van der Waals surface area contributed by atoms with E-state index in [9.17, 15) is 18.0 Å². The van der Waals surface area contributed by atoms with Gasteiger partial charge >= 0.3 is 6.18 Å². The summed E-state index contributed by atoms with van der Waals surface area (Å²) in [6.07, 6.45) is -2.91. The lowest BCUT2D eigenvalue weighted by Gasteiger charge is -2.29. The summed E-state index contributed by atoms with van der Waals surface area (Å²) in [5.41, 5.74) is 3.47. The topological polar surface area (TPSA) is 44.7 Å². The van der Waals surface area contributed by atoms with E-state index >= 15 is 0 Å². The average molecular weight is 304 g/mol. The van der Waals surface area contributed by atoms with Crippen molar-refractivity contribution in [3.63, 3.8) is 0 Å². The third-order valence-corrected chi connectivity index (χ3v) is 2.71. The van der Waals surface area contributed by atoms with Gasteiger partial charge in [0.1, 0.15) is 6.54 Å². The first-order chi connectivity index (χ1) is 9.39. The second kappa shape index (κ2) is 5.54. The number of hydrogen-bond donors (Lipinski definition) is 1. The molecule has 8 heteroatoms. The normalized spacial score (nSPS) is 15.3. The SMILES string of the molecule is O=CC1=NC=C(c2ccc(Cl)cc2)NN1CC(F)(F)F. The summed E-state index contributed by atoms with van der Waals surface area (Å²) >= 11 is 5.74. The molecule has 1 aliphatic heterocycles. The zero-order chi connectivity index (χ0) is 14.8. The predicted molar refractivity (Wildman–Crippen MR) is 68.8 cm³/mol. The van der Waals surface area contributed by atoms with Crippen LogP contribution >= 0.6 is 11.6 Å². The van der Waals surface area contributed by atoms with Crippen LogP contribution in [0.5, 0.6) is 0 Å². The Labute approximate surface area is 117 Å². The van der Waals surface area contributed by atoms with E-state index in [2.05, 4.69) is 10.4 Å². The number of hydrogen-bond acceptors (Lipinski definition) is 4. The maximum Gasteiger partial charge on any atom is 0.408 e. The van der Waals surface area contributed by atoms with Crippen LogP contribution in [0.15, 0.2) is 35.5 Å². The van der Waals surface area contributed by atoms with Gasteiger partial charge in [-0.15, -0.1) is 0 Å². The first-order valence-electron chi connectivity index (χ1n) is 5.49. The third-order valence-electron chi connectivity index (χ3n) is 2.46. The molecular formula is C12H9ClF3N3O. The minimum absolute atomic E-state index is 0.258. The Morgan fingerprint density at radius 1 is 1.30 bits per heavy atom. The molecule has 0 unspecified atom stereocenters. The van der Waals surface area contributed by atoms with Gasteiger partial charge in [0.05, 0.1) is 11.9 Å². The van der Waals surface area contributed by atoms with Crippen molar-refractivity contribution >= 4 is 29.4 Å². The number of rotatable bonds is 3. The molecule has 0 spiro atoms. The summed E-state index contributed by atoms with van der Waals surface area (Å²) in [7, 11) is 0. The second-order valence-corrected chi connectivity index (χ2v) is 4.40. The minimum Gasteiger partial charge on any atom is -0.294 e. The molecule has 106 valence electrons. The molecule has 0 bridgehead atoms. The van der Waals surface area contributed by atoms with E-state index in [1.807, 2.05) is 0 Å². The van der Waals surface area contributed by atoms with Gasteiger partial charge in [-0.2, -0.15) is 13.2 Å². The molecule has 0 saturated carbocycles. The monoisotopic (exact) mass is 303 g/mol. The molecule has 0 fully saturated rings. The van der Waals surface area contributed by atoms with E-state index in [0.29, 0.717) is 21.3 Å². The van der Waals surface area contributed by atoms with Crippen molar-refractivity contribution in [2.75, 3.05) is 6.54 Å². The van der Waals surface area contributed by atoms with Crippen molar-refractivity contribution in [2.45, 2.75) is 6.18 Å². The number of nitrogens with zero attached hydrogens (tertiary/aromatic N) is 2. The fourth-order valence-electron chi connectivity index (χ4n) is 1.59. The zero-order valence-electron chi connectivity index (χ0n) is 9.99. The standard InChI is InChI=1S/C12H9ClF3N3O/c13-9-3-1-8(2-4-9)10-5-17-11(6-20)19(18-10)7-12(14,15)16/h1-6,18H,7H2. The summed E-state index contributed by atoms with van der Waals surface area (Å²) in [5, 5.41) is 1.16. The Morgan fingerprint density at radius 3 is 2.50 bits per heavy atom. The van der Waals surface area contributed by atoms with E-state index < -0.39 is 12.7 Å². The van der Waals surface area contributed by atoms with Gasteiger partial charge in [0.15, 0.2) is 12.1 Å². The van der Waals surface area contributed by atoms with Gasteiger partial charge in [-0.25, -0.2) is 4.99 Å². The zero-order valence-corrected chi connectivity index (χ0v) is 10.7. The molecule has 0 atom stereocenters. The summed E-state index contributed by atoms with van der Waals surface area (Å²) in [5.74, 6) is -0.333. The molecule has 0 aromatic heterocycles. The first-order valence-corrected chi connectivity index (χ1v) is 5.87. The molecule has 2 rings (SSSR count). The molecule has 4 nitrogen and oxygen atoms in total. The van der Waals surface area contributed by atoms with Crippen LogP contribution < -0.4 is 5.43 Å². The van der Waals surface area contributed by atoms with Crippen LogP contribution in [0.2, 0.25) is 5.02 Å². The molecule has 1 heterocycles. The van der Waals surface area contributed by atoms with Crippen LogP contribution in [0.3, 0.4) is 0 Å². The van der Waals surface area contributed by atoms with Crippen LogP contribution in [0.4, 0.5) is 13.2 Å². The minimum atomic E-state index is -4.46. The Hall–Kier alpha value is -2.02. The van der Waals surface area contributed by atoms with Crippen molar-refractivity contribution in [1.29, 1.82) is 0 Å². The summed E-state index contributed by atoms with van der Waals surface area (Å²) in [4.78, 5) is 14.4. The summed E-state index contributed by atoms with van der Waals surface area (Å²) in [6, 6.07) is 6.47. The summed E-state index contributed by atoms with van der Waals surface area (Å²) < 4.78 is 37.3.